The lowest BCUT2D eigenvalue weighted by molar-refractivity contribution is -0.270. The summed E-state index contributed by atoms with van der Waals surface area (Å²) in [6, 6.07) is 0. The van der Waals surface area contributed by atoms with Crippen LogP contribution >= 0.6 is 0 Å². The SMILES string of the molecule is CC(=O)OC[C@H]1O[C@H](n2cc(Cn3c(=O)c(C)cn([C@H]4C[C@@H](O)C(CO)O4)c3=O)nn2)C(OC(C)=O)C(OC(C)=O)C1OC(C)=O. The first-order valence-electron chi connectivity index (χ1n) is 14.2. The number of hydrogen-bond donors (Lipinski definition) is 2. The number of hydrogen-bond acceptors (Lipinski definition) is 16. The zero-order chi connectivity index (χ0) is 33.9. The van der Waals surface area contributed by atoms with Gasteiger partial charge in [0.1, 0.15) is 30.7 Å². The van der Waals surface area contributed by atoms with Crippen LogP contribution in [0.15, 0.2) is 22.0 Å². The number of carbonyl (C=O) groups excluding carboxylic acids is 4. The number of esters is 4. The second-order valence-corrected chi connectivity index (χ2v) is 10.8. The fraction of sp³-hybridized carbons (Fsp3) is 0.630. The maximum Gasteiger partial charge on any atom is 0.333 e. The first-order valence-corrected chi connectivity index (χ1v) is 14.2. The molecule has 0 bridgehead atoms. The summed E-state index contributed by atoms with van der Waals surface area (Å²) in [5, 5.41) is 27.6. The molecule has 0 aliphatic carbocycles. The molecule has 0 spiro atoms. The standard InChI is InChI=1S/C27H35N5O14/c1-12-7-30(21-6-18(38)19(10-33)45-21)27(40)31(25(12)39)8-17-9-32(29-28-17)26-24(44-16(5)37)23(43-15(4)36)22(42-14(3)35)20(46-26)11-41-13(2)34/h7,9,18-24,26,33,38H,6,8,10-11H2,1-5H3/t18-,19?,20-,21-,22?,23?,24?,26+/m1/s1. The van der Waals surface area contributed by atoms with Crippen molar-refractivity contribution in [3.63, 3.8) is 0 Å². The van der Waals surface area contributed by atoms with Crippen LogP contribution in [0.1, 0.15) is 57.8 Å². The van der Waals surface area contributed by atoms with Crippen molar-refractivity contribution in [3.05, 3.63) is 44.5 Å². The molecule has 4 rings (SSSR count). The van der Waals surface area contributed by atoms with E-state index in [2.05, 4.69) is 10.3 Å². The Bertz CT molecular complexity index is 1580. The number of carbonyl (C=O) groups is 4. The van der Waals surface area contributed by atoms with Crippen LogP contribution in [0.3, 0.4) is 0 Å². The first-order chi connectivity index (χ1) is 21.7. The molecule has 2 saturated heterocycles. The van der Waals surface area contributed by atoms with Crippen molar-refractivity contribution < 1.29 is 57.8 Å². The van der Waals surface area contributed by atoms with E-state index in [1.165, 1.54) is 19.3 Å². The van der Waals surface area contributed by atoms with E-state index in [0.29, 0.717) is 0 Å². The largest absolute Gasteiger partial charge is 0.463 e. The molecule has 2 aliphatic rings. The van der Waals surface area contributed by atoms with Crippen molar-refractivity contribution in [2.45, 2.75) is 96.7 Å². The molecule has 252 valence electrons. The predicted molar refractivity (Wildman–Crippen MR) is 148 cm³/mol. The Hall–Kier alpha value is -4.46. The summed E-state index contributed by atoms with van der Waals surface area (Å²) in [4.78, 5) is 74.2. The minimum atomic E-state index is -1.46. The van der Waals surface area contributed by atoms with E-state index in [9.17, 15) is 39.0 Å². The van der Waals surface area contributed by atoms with Crippen LogP contribution in [0, 0.1) is 6.92 Å². The molecular weight excluding hydrogens is 618 g/mol. The molecule has 2 aromatic rings. The highest BCUT2D eigenvalue weighted by Gasteiger charge is 2.53. The Morgan fingerprint density at radius 1 is 0.913 bits per heavy atom. The number of ether oxygens (including phenoxy) is 6. The van der Waals surface area contributed by atoms with E-state index >= 15 is 0 Å². The highest BCUT2D eigenvalue weighted by molar-refractivity contribution is 5.68. The smallest absolute Gasteiger partial charge is 0.333 e. The van der Waals surface area contributed by atoms with Gasteiger partial charge in [0.05, 0.1) is 25.5 Å². The molecule has 4 unspecified atom stereocenters. The molecule has 19 nitrogen and oxygen atoms in total. The summed E-state index contributed by atoms with van der Waals surface area (Å²) in [6.07, 6.45) is -7.20. The van der Waals surface area contributed by atoms with Gasteiger partial charge >= 0.3 is 29.6 Å². The molecule has 2 aromatic heterocycles. The normalized spacial score (nSPS) is 27.5. The molecule has 4 heterocycles. The molecule has 0 aromatic carbocycles. The van der Waals surface area contributed by atoms with Crippen LogP contribution in [-0.4, -0.2) is 108 Å². The summed E-state index contributed by atoms with van der Waals surface area (Å²) in [5.41, 5.74) is -1.17. The third kappa shape index (κ3) is 7.66. The van der Waals surface area contributed by atoms with E-state index in [1.54, 1.807) is 0 Å². The zero-order valence-corrected chi connectivity index (χ0v) is 25.6. The van der Waals surface area contributed by atoms with E-state index in [-0.39, 0.29) is 24.2 Å². The zero-order valence-electron chi connectivity index (χ0n) is 25.6. The van der Waals surface area contributed by atoms with Crippen molar-refractivity contribution in [1.82, 2.24) is 24.1 Å². The van der Waals surface area contributed by atoms with Crippen LogP contribution in [-0.2, 0) is 54.1 Å². The summed E-state index contributed by atoms with van der Waals surface area (Å²) in [7, 11) is 0. The third-order valence-electron chi connectivity index (χ3n) is 7.17. The van der Waals surface area contributed by atoms with Crippen molar-refractivity contribution in [2.24, 2.45) is 0 Å². The Labute approximate surface area is 260 Å². The lowest BCUT2D eigenvalue weighted by atomic mass is 9.97. The minimum Gasteiger partial charge on any atom is -0.463 e. The van der Waals surface area contributed by atoms with E-state index in [4.69, 9.17) is 28.4 Å². The number of nitrogens with zero attached hydrogens (tertiary/aromatic N) is 5. The summed E-state index contributed by atoms with van der Waals surface area (Å²) < 4.78 is 36.1. The average Bonchev–Trinajstić information content (AvgIpc) is 3.59. The van der Waals surface area contributed by atoms with Crippen molar-refractivity contribution in [1.29, 1.82) is 0 Å². The maximum absolute atomic E-state index is 13.4. The first kappa shape index (κ1) is 34.4. The highest BCUT2D eigenvalue weighted by atomic mass is 16.7. The molecule has 2 aliphatic heterocycles. The summed E-state index contributed by atoms with van der Waals surface area (Å²) in [6.45, 7) is 4.59. The lowest BCUT2D eigenvalue weighted by Crippen LogP contribution is -2.60. The number of aliphatic hydroxyl groups excluding tert-OH is 2. The third-order valence-corrected chi connectivity index (χ3v) is 7.17. The molecule has 0 amide bonds. The fourth-order valence-corrected chi connectivity index (χ4v) is 5.24. The molecule has 0 saturated carbocycles. The number of rotatable bonds is 10. The van der Waals surface area contributed by atoms with Crippen molar-refractivity contribution >= 4 is 23.9 Å². The molecule has 46 heavy (non-hydrogen) atoms. The topological polar surface area (TPSA) is 239 Å². The van der Waals surface area contributed by atoms with Crippen LogP contribution < -0.4 is 11.2 Å². The molecule has 2 N–H and O–H groups in total. The molecular formula is C27H35N5O14. The second-order valence-electron chi connectivity index (χ2n) is 10.8. The highest BCUT2D eigenvalue weighted by Crippen LogP contribution is 2.34. The van der Waals surface area contributed by atoms with Gasteiger partial charge in [-0.15, -0.1) is 5.10 Å². The predicted octanol–water partition coefficient (Wildman–Crippen LogP) is -2.15. The monoisotopic (exact) mass is 653 g/mol. The summed E-state index contributed by atoms with van der Waals surface area (Å²) >= 11 is 0. The Morgan fingerprint density at radius 3 is 2.13 bits per heavy atom. The van der Waals surface area contributed by atoms with Gasteiger partial charge in [-0.3, -0.25) is 33.1 Å². The van der Waals surface area contributed by atoms with Gasteiger partial charge in [-0.25, -0.2) is 9.48 Å². The van der Waals surface area contributed by atoms with Gasteiger partial charge < -0.3 is 38.6 Å². The number of aryl methyl sites for hydroxylation is 1. The molecule has 2 fully saturated rings. The maximum atomic E-state index is 13.4. The quantitative estimate of drug-likeness (QED) is 0.205. The van der Waals surface area contributed by atoms with Crippen LogP contribution in [0.4, 0.5) is 0 Å². The lowest BCUT2D eigenvalue weighted by Gasteiger charge is -2.44. The van der Waals surface area contributed by atoms with Gasteiger partial charge in [-0.05, 0) is 6.92 Å². The Balaban J connectivity index is 1.70. The van der Waals surface area contributed by atoms with Gasteiger partial charge in [0.15, 0.2) is 24.5 Å². The van der Waals surface area contributed by atoms with Gasteiger partial charge in [0.2, 0.25) is 0 Å². The fourth-order valence-electron chi connectivity index (χ4n) is 5.24. The van der Waals surface area contributed by atoms with E-state index < -0.39 is 97.4 Å². The van der Waals surface area contributed by atoms with Crippen molar-refractivity contribution in [3.8, 4) is 0 Å². The van der Waals surface area contributed by atoms with E-state index in [0.717, 1.165) is 41.5 Å². The van der Waals surface area contributed by atoms with Crippen LogP contribution in [0.25, 0.3) is 0 Å². The van der Waals surface area contributed by atoms with E-state index in [1.807, 2.05) is 0 Å². The van der Waals surface area contributed by atoms with Crippen molar-refractivity contribution in [2.75, 3.05) is 13.2 Å². The summed E-state index contributed by atoms with van der Waals surface area (Å²) in [5.74, 6) is -3.11. The molecule has 8 atom stereocenters. The Morgan fingerprint density at radius 2 is 1.54 bits per heavy atom. The molecule has 0 radical (unpaired) electrons. The van der Waals surface area contributed by atoms with Gasteiger partial charge in [0, 0.05) is 45.9 Å². The van der Waals surface area contributed by atoms with Crippen LogP contribution in [0.5, 0.6) is 0 Å². The average molecular weight is 654 g/mol. The number of aliphatic hydroxyl groups is 2. The van der Waals surface area contributed by atoms with Gasteiger partial charge in [0.25, 0.3) is 5.56 Å². The van der Waals surface area contributed by atoms with Crippen LogP contribution in [0.2, 0.25) is 0 Å². The number of aromatic nitrogens is 5. The van der Waals surface area contributed by atoms with Gasteiger partial charge in [-0.2, -0.15) is 0 Å². The Kier molecular flexibility index (Phi) is 10.7. The van der Waals surface area contributed by atoms with Gasteiger partial charge in [-0.1, -0.05) is 5.21 Å². The second kappa shape index (κ2) is 14.3. The minimum absolute atomic E-state index is 0.00185. The molecule has 19 heteroatoms.